The van der Waals surface area contributed by atoms with Gasteiger partial charge in [0.2, 0.25) is 11.8 Å². The lowest BCUT2D eigenvalue weighted by Crippen LogP contribution is -2.38. The Morgan fingerprint density at radius 1 is 1.17 bits per heavy atom. The predicted molar refractivity (Wildman–Crippen MR) is 92.2 cm³/mol. The number of methoxy groups -OCH3 is 1. The predicted octanol–water partition coefficient (Wildman–Crippen LogP) is 2.36. The molecule has 3 rings (SSSR count). The highest BCUT2D eigenvalue weighted by molar-refractivity contribution is 6.30. The van der Waals surface area contributed by atoms with Crippen LogP contribution >= 0.6 is 11.6 Å². The second-order valence-electron chi connectivity index (χ2n) is 6.47. The first-order valence-corrected chi connectivity index (χ1v) is 8.85. The number of amides is 2. The number of nitrogens with zero attached hydrogens (tertiary/aromatic N) is 2. The topological polar surface area (TPSA) is 49.9 Å². The molecule has 1 saturated heterocycles. The van der Waals surface area contributed by atoms with Crippen LogP contribution in [0.4, 0.5) is 0 Å². The molecule has 2 fully saturated rings. The van der Waals surface area contributed by atoms with Gasteiger partial charge in [0.15, 0.2) is 0 Å². The molecule has 130 valence electrons. The Bertz CT molecular complexity index is 631. The minimum Gasteiger partial charge on any atom is -0.496 e. The number of halogens is 1. The Kier molecular flexibility index (Phi) is 5.29. The summed E-state index contributed by atoms with van der Waals surface area (Å²) in [7, 11) is 1.59. The van der Waals surface area contributed by atoms with Crippen molar-refractivity contribution in [2.75, 3.05) is 33.3 Å². The molecule has 0 bridgehead atoms. The van der Waals surface area contributed by atoms with E-state index < -0.39 is 0 Å². The number of hydrogen-bond donors (Lipinski definition) is 0. The summed E-state index contributed by atoms with van der Waals surface area (Å²) in [6.45, 7) is 2.67. The highest BCUT2D eigenvalue weighted by atomic mass is 35.5. The van der Waals surface area contributed by atoms with Gasteiger partial charge in [0.05, 0.1) is 13.5 Å². The van der Waals surface area contributed by atoms with Crippen LogP contribution in [0.25, 0.3) is 0 Å². The molecule has 0 aromatic heterocycles. The summed E-state index contributed by atoms with van der Waals surface area (Å²) in [5, 5.41) is 0.593. The number of ether oxygens (including phenoxy) is 1. The van der Waals surface area contributed by atoms with Crippen molar-refractivity contribution in [3.63, 3.8) is 0 Å². The molecule has 0 atom stereocenters. The fourth-order valence-corrected chi connectivity index (χ4v) is 3.33. The second-order valence-corrected chi connectivity index (χ2v) is 6.90. The third-order valence-corrected chi connectivity index (χ3v) is 4.91. The zero-order valence-corrected chi connectivity index (χ0v) is 14.7. The molecule has 0 unspecified atom stereocenters. The van der Waals surface area contributed by atoms with E-state index in [1.54, 1.807) is 25.3 Å². The van der Waals surface area contributed by atoms with Gasteiger partial charge in [-0.2, -0.15) is 0 Å². The van der Waals surface area contributed by atoms with Crippen LogP contribution in [0, 0.1) is 5.92 Å². The molecule has 6 heteroatoms. The van der Waals surface area contributed by atoms with E-state index in [1.807, 2.05) is 9.80 Å². The average Bonchev–Trinajstić information content (AvgIpc) is 3.41. The molecule has 1 heterocycles. The van der Waals surface area contributed by atoms with Crippen LogP contribution in [0.2, 0.25) is 5.02 Å². The molecule has 24 heavy (non-hydrogen) atoms. The van der Waals surface area contributed by atoms with Crippen LogP contribution in [0.15, 0.2) is 18.2 Å². The van der Waals surface area contributed by atoms with Crippen molar-refractivity contribution in [1.82, 2.24) is 9.80 Å². The molecule has 5 nitrogen and oxygen atoms in total. The summed E-state index contributed by atoms with van der Waals surface area (Å²) in [6.07, 6.45) is 3.14. The number of rotatable bonds is 4. The normalized spacial score (nSPS) is 18.2. The number of benzene rings is 1. The maximum absolute atomic E-state index is 12.6. The smallest absolute Gasteiger partial charge is 0.227 e. The summed E-state index contributed by atoms with van der Waals surface area (Å²) in [6, 6.07) is 5.31. The minimum atomic E-state index is 0.0521. The molecule has 1 aromatic carbocycles. The first kappa shape index (κ1) is 17.1. The van der Waals surface area contributed by atoms with Crippen LogP contribution in [0.5, 0.6) is 5.75 Å². The molecule has 0 radical (unpaired) electrons. The van der Waals surface area contributed by atoms with Gasteiger partial charge in [-0.25, -0.2) is 0 Å². The standard InChI is InChI=1S/C18H23ClN2O3/c1-24-16-6-5-15(19)11-14(16)12-17(22)20-7-2-8-21(10-9-20)18(23)13-3-4-13/h5-6,11,13H,2-4,7-10,12H2,1H3. The average molecular weight is 351 g/mol. The fourth-order valence-electron chi connectivity index (χ4n) is 3.14. The number of carbonyl (C=O) groups excluding carboxylic acids is 2. The van der Waals surface area contributed by atoms with Crippen molar-refractivity contribution in [2.24, 2.45) is 5.92 Å². The minimum absolute atomic E-state index is 0.0521. The lowest BCUT2D eigenvalue weighted by Gasteiger charge is -2.22. The van der Waals surface area contributed by atoms with Crippen molar-refractivity contribution in [1.29, 1.82) is 0 Å². The van der Waals surface area contributed by atoms with E-state index in [-0.39, 0.29) is 24.2 Å². The van der Waals surface area contributed by atoms with Crippen LogP contribution in [-0.2, 0) is 16.0 Å². The van der Waals surface area contributed by atoms with Gasteiger partial charge in [-0.1, -0.05) is 11.6 Å². The molecule has 1 aromatic rings. The van der Waals surface area contributed by atoms with E-state index in [4.69, 9.17) is 16.3 Å². The molecule has 1 saturated carbocycles. The van der Waals surface area contributed by atoms with Crippen molar-refractivity contribution in [3.8, 4) is 5.75 Å². The third-order valence-electron chi connectivity index (χ3n) is 4.67. The molecule has 0 spiro atoms. The maximum atomic E-state index is 12.6. The van der Waals surface area contributed by atoms with Crippen LogP contribution in [0.1, 0.15) is 24.8 Å². The van der Waals surface area contributed by atoms with Crippen molar-refractivity contribution in [2.45, 2.75) is 25.7 Å². The van der Waals surface area contributed by atoms with Gasteiger partial charge in [-0.15, -0.1) is 0 Å². The lowest BCUT2D eigenvalue weighted by atomic mass is 10.1. The van der Waals surface area contributed by atoms with E-state index in [9.17, 15) is 9.59 Å². The molecular weight excluding hydrogens is 328 g/mol. The highest BCUT2D eigenvalue weighted by Crippen LogP contribution is 2.31. The molecular formula is C18H23ClN2O3. The molecule has 2 amide bonds. The van der Waals surface area contributed by atoms with Gasteiger partial charge < -0.3 is 14.5 Å². The SMILES string of the molecule is COc1ccc(Cl)cc1CC(=O)N1CCCN(C(=O)C2CC2)CC1. The summed E-state index contributed by atoms with van der Waals surface area (Å²) in [5.74, 6) is 1.23. The second kappa shape index (κ2) is 7.43. The Morgan fingerprint density at radius 3 is 2.58 bits per heavy atom. The van der Waals surface area contributed by atoms with Crippen molar-refractivity contribution in [3.05, 3.63) is 28.8 Å². The highest BCUT2D eigenvalue weighted by Gasteiger charge is 2.34. The molecule has 0 N–H and O–H groups in total. The van der Waals surface area contributed by atoms with E-state index in [1.165, 1.54) is 0 Å². The zero-order valence-electron chi connectivity index (χ0n) is 14.0. The zero-order chi connectivity index (χ0) is 17.1. The Hall–Kier alpha value is -1.75. The van der Waals surface area contributed by atoms with E-state index in [0.29, 0.717) is 30.4 Å². The third kappa shape index (κ3) is 4.01. The summed E-state index contributed by atoms with van der Waals surface area (Å²) in [5.41, 5.74) is 0.796. The van der Waals surface area contributed by atoms with Gasteiger partial charge in [-0.3, -0.25) is 9.59 Å². The first-order chi connectivity index (χ1) is 11.6. The van der Waals surface area contributed by atoms with Crippen LogP contribution in [-0.4, -0.2) is 54.9 Å². The Labute approximate surface area is 147 Å². The summed E-state index contributed by atoms with van der Waals surface area (Å²) >= 11 is 6.03. The van der Waals surface area contributed by atoms with Crippen LogP contribution < -0.4 is 4.74 Å². The summed E-state index contributed by atoms with van der Waals surface area (Å²) < 4.78 is 5.31. The van der Waals surface area contributed by atoms with E-state index >= 15 is 0 Å². The van der Waals surface area contributed by atoms with Crippen molar-refractivity contribution >= 4 is 23.4 Å². The monoisotopic (exact) mass is 350 g/mol. The lowest BCUT2D eigenvalue weighted by molar-refractivity contribution is -0.134. The summed E-state index contributed by atoms with van der Waals surface area (Å²) in [4.78, 5) is 28.6. The largest absolute Gasteiger partial charge is 0.496 e. The quantitative estimate of drug-likeness (QED) is 0.837. The van der Waals surface area contributed by atoms with Gasteiger partial charge in [0.25, 0.3) is 0 Å². The van der Waals surface area contributed by atoms with E-state index in [0.717, 1.165) is 31.4 Å². The molecule has 1 aliphatic carbocycles. The number of hydrogen-bond acceptors (Lipinski definition) is 3. The maximum Gasteiger partial charge on any atom is 0.227 e. The fraction of sp³-hybridized carbons (Fsp3) is 0.556. The van der Waals surface area contributed by atoms with Crippen molar-refractivity contribution < 1.29 is 14.3 Å². The Balaban J connectivity index is 1.61. The van der Waals surface area contributed by atoms with Gasteiger partial charge in [-0.05, 0) is 37.5 Å². The molecule has 1 aliphatic heterocycles. The van der Waals surface area contributed by atoms with Crippen LogP contribution in [0.3, 0.4) is 0 Å². The first-order valence-electron chi connectivity index (χ1n) is 8.47. The van der Waals surface area contributed by atoms with E-state index in [2.05, 4.69) is 0 Å². The number of carbonyl (C=O) groups is 2. The Morgan fingerprint density at radius 2 is 1.88 bits per heavy atom. The van der Waals surface area contributed by atoms with Gasteiger partial charge in [0.1, 0.15) is 5.75 Å². The van der Waals surface area contributed by atoms with Gasteiger partial charge >= 0.3 is 0 Å². The van der Waals surface area contributed by atoms with Gasteiger partial charge in [0, 0.05) is 42.7 Å². The molecule has 2 aliphatic rings.